The van der Waals surface area contributed by atoms with Gasteiger partial charge in [0.1, 0.15) is 0 Å². The molecule has 0 saturated heterocycles. The van der Waals surface area contributed by atoms with Gasteiger partial charge < -0.3 is 15.2 Å². The normalized spacial score (nSPS) is 21.4. The van der Waals surface area contributed by atoms with Crippen molar-refractivity contribution in [2.45, 2.75) is 44.3 Å². The van der Waals surface area contributed by atoms with Crippen molar-refractivity contribution in [1.82, 2.24) is 5.32 Å². The first-order valence-corrected chi connectivity index (χ1v) is 10.8. The third kappa shape index (κ3) is 3.83. The second kappa shape index (κ2) is 5.97. The van der Waals surface area contributed by atoms with E-state index in [1.165, 1.54) is 0 Å². The summed E-state index contributed by atoms with van der Waals surface area (Å²) in [5.41, 5.74) is 2.08. The van der Waals surface area contributed by atoms with Crippen molar-refractivity contribution in [1.29, 1.82) is 0 Å². The number of alkyl carbamates (subject to hydrolysis) is 1. The number of benzene rings is 1. The van der Waals surface area contributed by atoms with E-state index in [4.69, 9.17) is 4.74 Å². The fourth-order valence-corrected chi connectivity index (χ4v) is 3.08. The summed E-state index contributed by atoms with van der Waals surface area (Å²) in [4.78, 5) is 11.8. The molecule has 0 radical (unpaired) electrons. The Morgan fingerprint density at radius 1 is 1.40 bits per heavy atom. The maximum Gasteiger partial charge on any atom is 0.407 e. The summed E-state index contributed by atoms with van der Waals surface area (Å²) in [6.45, 7) is 7.17. The van der Waals surface area contributed by atoms with Crippen molar-refractivity contribution in [2.75, 3.05) is 6.61 Å². The van der Waals surface area contributed by atoms with Crippen molar-refractivity contribution in [3.05, 3.63) is 35.4 Å². The van der Waals surface area contributed by atoms with Gasteiger partial charge in [0.25, 0.3) is 0 Å². The standard InChI is InChI=1S/C15H23NO3Si/c1-20(2,3)9-8-19-15(18)16-14-12-7-5-4-6-11(12)10-13(14)17/h4-7,13-14,17H,8-10H2,1-3H3,(H,16,18)/t13-,14+/m1/s1. The minimum atomic E-state index is -1.19. The Morgan fingerprint density at radius 2 is 2.10 bits per heavy atom. The molecular weight excluding hydrogens is 270 g/mol. The molecule has 4 nitrogen and oxygen atoms in total. The highest BCUT2D eigenvalue weighted by Gasteiger charge is 2.32. The number of aliphatic hydroxyl groups is 1. The van der Waals surface area contributed by atoms with Gasteiger partial charge in [-0.25, -0.2) is 4.79 Å². The van der Waals surface area contributed by atoms with Gasteiger partial charge in [-0.3, -0.25) is 0 Å². The molecule has 2 N–H and O–H groups in total. The second-order valence-electron chi connectivity index (χ2n) is 6.54. The molecule has 110 valence electrons. The molecule has 0 spiro atoms. The average Bonchev–Trinajstić information content (AvgIpc) is 2.64. The Bertz CT molecular complexity index is 484. The van der Waals surface area contributed by atoms with E-state index in [2.05, 4.69) is 25.0 Å². The van der Waals surface area contributed by atoms with E-state index in [9.17, 15) is 9.90 Å². The lowest BCUT2D eigenvalue weighted by atomic mass is 10.1. The number of rotatable bonds is 4. The zero-order valence-electron chi connectivity index (χ0n) is 12.3. The number of nitrogens with one attached hydrogen (secondary N) is 1. The maximum absolute atomic E-state index is 11.8. The van der Waals surface area contributed by atoms with E-state index in [0.717, 1.165) is 17.2 Å². The van der Waals surface area contributed by atoms with Crippen LogP contribution in [0.25, 0.3) is 0 Å². The third-order valence-electron chi connectivity index (χ3n) is 3.56. The third-order valence-corrected chi connectivity index (χ3v) is 5.27. The minimum Gasteiger partial charge on any atom is -0.450 e. The molecule has 0 bridgehead atoms. The Labute approximate surface area is 121 Å². The van der Waals surface area contributed by atoms with Crippen LogP contribution < -0.4 is 5.32 Å². The number of aliphatic hydroxyl groups excluding tert-OH is 1. The number of hydrogen-bond acceptors (Lipinski definition) is 3. The summed E-state index contributed by atoms with van der Waals surface area (Å²) < 4.78 is 5.22. The summed E-state index contributed by atoms with van der Waals surface area (Å²) in [7, 11) is -1.19. The van der Waals surface area contributed by atoms with Gasteiger partial charge in [0.15, 0.2) is 0 Å². The molecule has 1 aliphatic rings. The van der Waals surface area contributed by atoms with E-state index in [1.54, 1.807) is 0 Å². The fraction of sp³-hybridized carbons (Fsp3) is 0.533. The highest BCUT2D eigenvalue weighted by Crippen LogP contribution is 2.31. The van der Waals surface area contributed by atoms with Crippen LogP contribution in [0.3, 0.4) is 0 Å². The molecule has 2 rings (SSSR count). The van der Waals surface area contributed by atoms with Crippen LogP contribution >= 0.6 is 0 Å². The van der Waals surface area contributed by atoms with Crippen LogP contribution in [0.2, 0.25) is 25.7 Å². The lowest BCUT2D eigenvalue weighted by Gasteiger charge is -2.19. The predicted molar refractivity (Wildman–Crippen MR) is 81.5 cm³/mol. The average molecular weight is 293 g/mol. The minimum absolute atomic E-state index is 0.356. The predicted octanol–water partition coefficient (Wildman–Crippen LogP) is 2.71. The van der Waals surface area contributed by atoms with Crippen LogP contribution in [-0.4, -0.2) is 32.0 Å². The molecule has 0 fully saturated rings. The molecule has 20 heavy (non-hydrogen) atoms. The van der Waals surface area contributed by atoms with Gasteiger partial charge in [-0.1, -0.05) is 43.9 Å². The quantitative estimate of drug-likeness (QED) is 0.839. The smallest absolute Gasteiger partial charge is 0.407 e. The van der Waals surface area contributed by atoms with E-state index in [1.807, 2.05) is 24.3 Å². The van der Waals surface area contributed by atoms with E-state index in [0.29, 0.717) is 13.0 Å². The number of fused-ring (bicyclic) bond motifs is 1. The molecule has 1 aliphatic carbocycles. The molecule has 1 aromatic carbocycles. The Hall–Kier alpha value is -1.33. The summed E-state index contributed by atoms with van der Waals surface area (Å²) >= 11 is 0. The van der Waals surface area contributed by atoms with Gasteiger partial charge in [-0.15, -0.1) is 0 Å². The number of amides is 1. The molecule has 2 atom stereocenters. The molecular formula is C15H23NO3Si. The number of hydrogen-bond donors (Lipinski definition) is 2. The summed E-state index contributed by atoms with van der Waals surface area (Å²) in [5.74, 6) is 0. The number of carbonyl (C=O) groups is 1. The van der Waals surface area contributed by atoms with Gasteiger partial charge in [0, 0.05) is 14.5 Å². The highest BCUT2D eigenvalue weighted by atomic mass is 28.3. The summed E-state index contributed by atoms with van der Waals surface area (Å²) in [6.07, 6.45) is -0.434. The Kier molecular flexibility index (Phi) is 4.50. The van der Waals surface area contributed by atoms with Crippen LogP contribution in [-0.2, 0) is 11.2 Å². The zero-order valence-corrected chi connectivity index (χ0v) is 13.3. The van der Waals surface area contributed by atoms with Gasteiger partial charge in [-0.2, -0.15) is 0 Å². The van der Waals surface area contributed by atoms with E-state index < -0.39 is 20.3 Å². The molecule has 1 amide bonds. The van der Waals surface area contributed by atoms with Crippen molar-refractivity contribution in [2.24, 2.45) is 0 Å². The zero-order chi connectivity index (χ0) is 14.8. The maximum atomic E-state index is 11.8. The molecule has 5 heteroatoms. The first-order chi connectivity index (χ1) is 9.37. The van der Waals surface area contributed by atoms with Crippen LogP contribution in [0.1, 0.15) is 17.2 Å². The van der Waals surface area contributed by atoms with Gasteiger partial charge in [0.2, 0.25) is 0 Å². The molecule has 0 saturated carbocycles. The van der Waals surface area contributed by atoms with Crippen LogP contribution in [0.5, 0.6) is 0 Å². The SMILES string of the molecule is C[Si](C)(C)CCOC(=O)N[C@H]1c2ccccc2C[C@H]1O. The van der Waals surface area contributed by atoms with Crippen LogP contribution in [0, 0.1) is 0 Å². The molecule has 0 aromatic heterocycles. The van der Waals surface area contributed by atoms with Crippen molar-refractivity contribution < 1.29 is 14.6 Å². The topological polar surface area (TPSA) is 58.6 Å². The van der Waals surface area contributed by atoms with Gasteiger partial charge in [0.05, 0.1) is 18.8 Å². The van der Waals surface area contributed by atoms with Crippen molar-refractivity contribution in [3.8, 4) is 0 Å². The van der Waals surface area contributed by atoms with Crippen molar-refractivity contribution in [3.63, 3.8) is 0 Å². The lowest BCUT2D eigenvalue weighted by molar-refractivity contribution is 0.115. The lowest BCUT2D eigenvalue weighted by Crippen LogP contribution is -2.35. The number of ether oxygens (including phenoxy) is 1. The molecule has 0 unspecified atom stereocenters. The Morgan fingerprint density at radius 3 is 2.80 bits per heavy atom. The van der Waals surface area contributed by atoms with E-state index >= 15 is 0 Å². The second-order valence-corrected chi connectivity index (χ2v) is 12.2. The Balaban J connectivity index is 1.89. The first kappa shape index (κ1) is 15.1. The number of carbonyl (C=O) groups excluding carboxylic acids is 1. The van der Waals surface area contributed by atoms with Gasteiger partial charge >= 0.3 is 6.09 Å². The largest absolute Gasteiger partial charge is 0.450 e. The molecule has 0 aliphatic heterocycles. The fourth-order valence-electron chi connectivity index (χ4n) is 2.37. The summed E-state index contributed by atoms with van der Waals surface area (Å²) in [5, 5.41) is 12.8. The first-order valence-electron chi connectivity index (χ1n) is 7.06. The molecule has 1 aromatic rings. The van der Waals surface area contributed by atoms with E-state index in [-0.39, 0.29) is 6.04 Å². The van der Waals surface area contributed by atoms with Gasteiger partial charge in [-0.05, 0) is 17.2 Å². The summed E-state index contributed by atoms with van der Waals surface area (Å²) in [6, 6.07) is 8.38. The highest BCUT2D eigenvalue weighted by molar-refractivity contribution is 6.76. The van der Waals surface area contributed by atoms with Crippen LogP contribution in [0.15, 0.2) is 24.3 Å². The monoisotopic (exact) mass is 293 g/mol. The van der Waals surface area contributed by atoms with Crippen LogP contribution in [0.4, 0.5) is 4.79 Å². The molecule has 0 heterocycles. The van der Waals surface area contributed by atoms with Crippen molar-refractivity contribution >= 4 is 14.2 Å².